The molecule has 1 aromatic rings. The van der Waals surface area contributed by atoms with E-state index in [9.17, 15) is 4.79 Å². The normalized spacial score (nSPS) is 26.2. The van der Waals surface area contributed by atoms with E-state index in [0.29, 0.717) is 18.6 Å². The van der Waals surface area contributed by atoms with Crippen LogP contribution >= 0.6 is 22.9 Å². The molecule has 2 amide bonds. The summed E-state index contributed by atoms with van der Waals surface area (Å²) >= 11 is 7.38. The van der Waals surface area contributed by atoms with Crippen molar-refractivity contribution in [3.8, 4) is 0 Å². The Balaban J connectivity index is 1.46. The Morgan fingerprint density at radius 3 is 3.05 bits per heavy atom. The van der Waals surface area contributed by atoms with E-state index in [4.69, 9.17) is 11.6 Å². The lowest BCUT2D eigenvalue weighted by Crippen LogP contribution is -2.49. The summed E-state index contributed by atoms with van der Waals surface area (Å²) in [6.07, 6.45) is 4.87. The van der Waals surface area contributed by atoms with Gasteiger partial charge in [0.25, 0.3) is 0 Å². The smallest absolute Gasteiger partial charge is 0.315 e. The maximum Gasteiger partial charge on any atom is 0.315 e. The van der Waals surface area contributed by atoms with E-state index in [0.717, 1.165) is 22.2 Å². The summed E-state index contributed by atoms with van der Waals surface area (Å²) in [5, 5.41) is 6.05. The van der Waals surface area contributed by atoms with E-state index >= 15 is 0 Å². The average molecular weight is 314 g/mol. The summed E-state index contributed by atoms with van der Waals surface area (Å²) in [7, 11) is 0. The molecule has 2 atom stereocenters. The Morgan fingerprint density at radius 1 is 1.35 bits per heavy atom. The Kier molecular flexibility index (Phi) is 4.48. The van der Waals surface area contributed by atoms with E-state index in [-0.39, 0.29) is 6.03 Å². The minimum atomic E-state index is -0.0630. The number of piperidine rings is 1. The minimum absolute atomic E-state index is 0.0630. The van der Waals surface area contributed by atoms with Crippen molar-refractivity contribution in [3.63, 3.8) is 0 Å². The lowest BCUT2D eigenvalue weighted by Gasteiger charge is -2.32. The van der Waals surface area contributed by atoms with Crippen LogP contribution in [0.15, 0.2) is 12.1 Å². The predicted octanol–water partition coefficient (Wildman–Crippen LogP) is 2.83. The molecule has 4 nitrogen and oxygen atoms in total. The van der Waals surface area contributed by atoms with Crippen molar-refractivity contribution in [3.05, 3.63) is 21.3 Å². The van der Waals surface area contributed by atoms with Crippen molar-refractivity contribution < 1.29 is 4.79 Å². The highest BCUT2D eigenvalue weighted by Gasteiger charge is 2.36. The molecule has 2 aliphatic heterocycles. The van der Waals surface area contributed by atoms with Crippen LogP contribution in [-0.2, 0) is 6.54 Å². The Labute approximate surface area is 128 Å². The van der Waals surface area contributed by atoms with Crippen molar-refractivity contribution in [2.75, 3.05) is 13.1 Å². The van der Waals surface area contributed by atoms with E-state index < -0.39 is 0 Å². The molecule has 0 aromatic carbocycles. The molecular formula is C14H20ClN3OS. The quantitative estimate of drug-likeness (QED) is 0.901. The van der Waals surface area contributed by atoms with Gasteiger partial charge in [0.05, 0.1) is 10.9 Å². The Hall–Kier alpha value is -0.780. The first kappa shape index (κ1) is 14.2. The standard InChI is InChI=1S/C14H20ClN3OS/c15-13-5-4-10(20-13)9-16-14(19)17-11-6-8-18-7-2-1-3-12(11)18/h4-5,11-12H,1-3,6-9H2,(H2,16,17,19)/t11-,12-/m0/s1. The van der Waals surface area contributed by atoms with Gasteiger partial charge in [-0.2, -0.15) is 0 Å². The third kappa shape index (κ3) is 3.27. The predicted molar refractivity (Wildman–Crippen MR) is 82.3 cm³/mol. The number of amides is 2. The summed E-state index contributed by atoms with van der Waals surface area (Å²) in [6.45, 7) is 2.86. The van der Waals surface area contributed by atoms with Gasteiger partial charge in [-0.15, -0.1) is 11.3 Å². The van der Waals surface area contributed by atoms with Crippen molar-refractivity contribution in [1.29, 1.82) is 0 Å². The summed E-state index contributed by atoms with van der Waals surface area (Å²) in [4.78, 5) is 15.6. The fourth-order valence-electron chi connectivity index (χ4n) is 3.25. The monoisotopic (exact) mass is 313 g/mol. The molecule has 0 radical (unpaired) electrons. The third-order valence-corrected chi connectivity index (χ3v) is 5.46. The molecule has 0 unspecified atom stereocenters. The molecule has 0 spiro atoms. The zero-order valence-electron chi connectivity index (χ0n) is 11.4. The molecule has 2 saturated heterocycles. The van der Waals surface area contributed by atoms with E-state index in [1.165, 1.54) is 37.1 Å². The van der Waals surface area contributed by atoms with Crippen LogP contribution in [0.1, 0.15) is 30.6 Å². The minimum Gasteiger partial charge on any atom is -0.334 e. The zero-order valence-corrected chi connectivity index (χ0v) is 13.0. The van der Waals surface area contributed by atoms with Crippen LogP contribution in [0, 0.1) is 0 Å². The van der Waals surface area contributed by atoms with Gasteiger partial charge >= 0.3 is 6.03 Å². The SMILES string of the molecule is O=C(NCc1ccc(Cl)s1)N[C@H]1CCN2CCCC[C@@H]12. The Bertz CT molecular complexity index is 479. The van der Waals surface area contributed by atoms with Gasteiger partial charge in [-0.05, 0) is 37.9 Å². The lowest BCUT2D eigenvalue weighted by molar-refractivity contribution is 0.179. The molecule has 20 heavy (non-hydrogen) atoms. The summed E-state index contributed by atoms with van der Waals surface area (Å²) in [6, 6.07) is 4.60. The van der Waals surface area contributed by atoms with Gasteiger partial charge in [-0.1, -0.05) is 18.0 Å². The number of urea groups is 1. The highest BCUT2D eigenvalue weighted by atomic mass is 35.5. The fourth-order valence-corrected chi connectivity index (χ4v) is 4.28. The van der Waals surface area contributed by atoms with Crippen LogP contribution in [0.25, 0.3) is 0 Å². The molecule has 0 aliphatic carbocycles. The topological polar surface area (TPSA) is 44.4 Å². The van der Waals surface area contributed by atoms with Gasteiger partial charge in [-0.25, -0.2) is 4.79 Å². The van der Waals surface area contributed by atoms with Crippen LogP contribution in [-0.4, -0.2) is 36.1 Å². The number of fused-ring (bicyclic) bond motifs is 1. The van der Waals surface area contributed by atoms with Crippen LogP contribution in [0.5, 0.6) is 0 Å². The second kappa shape index (κ2) is 6.33. The van der Waals surface area contributed by atoms with Crippen LogP contribution in [0.3, 0.4) is 0 Å². The first-order chi connectivity index (χ1) is 9.72. The second-order valence-electron chi connectivity index (χ2n) is 5.53. The lowest BCUT2D eigenvalue weighted by atomic mass is 9.99. The number of hydrogen-bond donors (Lipinski definition) is 2. The largest absolute Gasteiger partial charge is 0.334 e. The van der Waals surface area contributed by atoms with Gasteiger partial charge < -0.3 is 10.6 Å². The summed E-state index contributed by atoms with van der Waals surface area (Å²) in [5.41, 5.74) is 0. The van der Waals surface area contributed by atoms with E-state index in [1.54, 1.807) is 0 Å². The molecule has 6 heteroatoms. The number of nitrogens with zero attached hydrogens (tertiary/aromatic N) is 1. The van der Waals surface area contributed by atoms with Crippen molar-refractivity contribution in [2.45, 2.75) is 44.3 Å². The Morgan fingerprint density at radius 2 is 2.25 bits per heavy atom. The fraction of sp³-hybridized carbons (Fsp3) is 0.643. The highest BCUT2D eigenvalue weighted by molar-refractivity contribution is 7.16. The van der Waals surface area contributed by atoms with Gasteiger partial charge in [0.15, 0.2) is 0 Å². The molecule has 1 aromatic heterocycles. The molecule has 0 bridgehead atoms. The number of halogens is 1. The van der Waals surface area contributed by atoms with Gasteiger partial charge in [0, 0.05) is 23.5 Å². The molecule has 2 N–H and O–H groups in total. The molecule has 2 fully saturated rings. The molecule has 0 saturated carbocycles. The van der Waals surface area contributed by atoms with Crippen LogP contribution in [0.4, 0.5) is 4.79 Å². The first-order valence-electron chi connectivity index (χ1n) is 7.25. The number of carbonyl (C=O) groups excluding carboxylic acids is 1. The molecule has 110 valence electrons. The molecule has 2 aliphatic rings. The number of thiophene rings is 1. The summed E-state index contributed by atoms with van der Waals surface area (Å²) < 4.78 is 0.760. The zero-order chi connectivity index (χ0) is 13.9. The van der Waals surface area contributed by atoms with Gasteiger partial charge in [-0.3, -0.25) is 4.90 Å². The number of rotatable bonds is 3. The van der Waals surface area contributed by atoms with Crippen LogP contribution < -0.4 is 10.6 Å². The second-order valence-corrected chi connectivity index (χ2v) is 7.33. The molecule has 3 rings (SSSR count). The number of hydrogen-bond acceptors (Lipinski definition) is 3. The number of carbonyl (C=O) groups is 1. The van der Waals surface area contributed by atoms with Crippen molar-refractivity contribution in [2.24, 2.45) is 0 Å². The maximum atomic E-state index is 12.0. The average Bonchev–Trinajstić information content (AvgIpc) is 3.04. The van der Waals surface area contributed by atoms with Gasteiger partial charge in [0.2, 0.25) is 0 Å². The van der Waals surface area contributed by atoms with Crippen LogP contribution in [0.2, 0.25) is 4.34 Å². The van der Waals surface area contributed by atoms with Crippen molar-refractivity contribution >= 4 is 29.0 Å². The first-order valence-corrected chi connectivity index (χ1v) is 8.44. The van der Waals surface area contributed by atoms with Gasteiger partial charge in [0.1, 0.15) is 0 Å². The number of nitrogens with one attached hydrogen (secondary N) is 2. The summed E-state index contributed by atoms with van der Waals surface area (Å²) in [5.74, 6) is 0. The maximum absolute atomic E-state index is 12.0. The third-order valence-electron chi connectivity index (χ3n) is 4.22. The van der Waals surface area contributed by atoms with E-state index in [1.807, 2.05) is 12.1 Å². The molecular weight excluding hydrogens is 294 g/mol. The highest BCUT2D eigenvalue weighted by Crippen LogP contribution is 2.27. The molecule has 3 heterocycles. The van der Waals surface area contributed by atoms with Crippen molar-refractivity contribution in [1.82, 2.24) is 15.5 Å². The van der Waals surface area contributed by atoms with E-state index in [2.05, 4.69) is 15.5 Å².